The molecule has 0 fully saturated rings. The minimum Gasteiger partial charge on any atom is -0.465 e. The zero-order valence-electron chi connectivity index (χ0n) is 18.1. The van der Waals surface area contributed by atoms with Gasteiger partial charge in [0.2, 0.25) is 5.91 Å². The normalized spacial score (nSPS) is 10.3. The molecule has 1 amide bonds. The van der Waals surface area contributed by atoms with Gasteiger partial charge in [-0.2, -0.15) is 0 Å². The van der Waals surface area contributed by atoms with Crippen LogP contribution in [-0.2, 0) is 16.1 Å². The lowest BCUT2D eigenvalue weighted by atomic mass is 10.1. The Morgan fingerprint density at radius 1 is 1.00 bits per heavy atom. The number of benzene rings is 3. The Morgan fingerprint density at radius 2 is 1.71 bits per heavy atom. The molecule has 0 aliphatic rings. The Kier molecular flexibility index (Phi) is 9.59. The van der Waals surface area contributed by atoms with E-state index in [1.54, 1.807) is 0 Å². The highest BCUT2D eigenvalue weighted by Gasteiger charge is 2.19. The minimum atomic E-state index is -0.663. The summed E-state index contributed by atoms with van der Waals surface area (Å²) in [6.07, 6.45) is 0. The average Bonchev–Trinajstić information content (AvgIpc) is 2.82. The van der Waals surface area contributed by atoms with Crippen LogP contribution < -0.4 is 16.0 Å². The number of carbonyl (C=O) groups excluding carboxylic acids is 2. The number of hydrogen-bond donors (Lipinski definition) is 3. The Labute approximate surface area is 217 Å². The first-order valence-electron chi connectivity index (χ1n) is 10.0. The summed E-state index contributed by atoms with van der Waals surface area (Å²) >= 11 is 18.8. The molecule has 176 valence electrons. The van der Waals surface area contributed by atoms with E-state index in [0.29, 0.717) is 16.7 Å². The molecule has 0 atom stereocenters. The van der Waals surface area contributed by atoms with Crippen LogP contribution in [-0.4, -0.2) is 29.9 Å². The van der Waals surface area contributed by atoms with Gasteiger partial charge in [-0.05, 0) is 54.2 Å². The van der Waals surface area contributed by atoms with Gasteiger partial charge in [-0.25, -0.2) is 4.79 Å². The third-order valence-corrected chi connectivity index (χ3v) is 6.27. The summed E-state index contributed by atoms with van der Waals surface area (Å²) < 4.78 is 4.74. The smallest absolute Gasteiger partial charge is 0.341 e. The highest BCUT2D eigenvalue weighted by Crippen LogP contribution is 2.30. The average molecular weight is 534 g/mol. The molecule has 0 bridgehead atoms. The summed E-state index contributed by atoms with van der Waals surface area (Å²) in [7, 11) is 1.24. The van der Waals surface area contributed by atoms with Gasteiger partial charge in [-0.1, -0.05) is 53.5 Å². The fourth-order valence-corrected chi connectivity index (χ4v) is 4.36. The zero-order valence-corrected chi connectivity index (χ0v) is 21.2. The second kappa shape index (κ2) is 12.6. The van der Waals surface area contributed by atoms with E-state index in [0.717, 1.165) is 16.1 Å². The van der Waals surface area contributed by atoms with Gasteiger partial charge in [0.25, 0.3) is 0 Å². The Balaban J connectivity index is 1.51. The molecule has 0 aliphatic carbocycles. The van der Waals surface area contributed by atoms with Crippen LogP contribution in [0.4, 0.5) is 11.4 Å². The van der Waals surface area contributed by atoms with E-state index in [2.05, 4.69) is 16.0 Å². The van der Waals surface area contributed by atoms with E-state index >= 15 is 0 Å². The number of carbonyl (C=O) groups is 2. The number of ether oxygens (including phenoxy) is 1. The summed E-state index contributed by atoms with van der Waals surface area (Å²) in [6.45, 7) is 0.630. The maximum Gasteiger partial charge on any atom is 0.341 e. The van der Waals surface area contributed by atoms with E-state index < -0.39 is 5.97 Å². The number of amides is 1. The van der Waals surface area contributed by atoms with E-state index in [1.165, 1.54) is 31.0 Å². The number of thioether (sulfide) groups is 1. The van der Waals surface area contributed by atoms with Crippen LogP contribution in [0.2, 0.25) is 10.0 Å². The van der Waals surface area contributed by atoms with Crippen molar-refractivity contribution in [2.45, 2.75) is 11.4 Å². The van der Waals surface area contributed by atoms with Gasteiger partial charge >= 0.3 is 5.97 Å². The molecule has 0 saturated heterocycles. The first-order valence-corrected chi connectivity index (χ1v) is 12.2. The second-order valence-corrected chi connectivity index (χ2v) is 9.26. The molecule has 0 spiro atoms. The molecule has 3 aromatic rings. The van der Waals surface area contributed by atoms with Crippen molar-refractivity contribution in [2.75, 3.05) is 23.5 Å². The van der Waals surface area contributed by atoms with Gasteiger partial charge in [-0.3, -0.25) is 4.79 Å². The standard InChI is InChI=1S/C24H21Cl2N3O3S2/c1-32-23(31)22-19(26)11-16(25)12-20(22)29-21(30)14-34-18-9-7-17(8-10-18)28-24(33)27-13-15-5-3-2-4-6-15/h2-12H,13-14H2,1H3,(H,29,30)(H2,27,28,33). The Morgan fingerprint density at radius 3 is 2.38 bits per heavy atom. The fraction of sp³-hybridized carbons (Fsp3) is 0.125. The molecule has 6 nitrogen and oxygen atoms in total. The maximum atomic E-state index is 12.5. The van der Waals surface area contributed by atoms with Crippen molar-refractivity contribution in [3.63, 3.8) is 0 Å². The van der Waals surface area contributed by atoms with Crippen molar-refractivity contribution in [1.82, 2.24) is 5.32 Å². The molecule has 0 heterocycles. The van der Waals surface area contributed by atoms with Crippen LogP contribution in [0.25, 0.3) is 0 Å². The van der Waals surface area contributed by atoms with Crippen LogP contribution in [0.3, 0.4) is 0 Å². The van der Waals surface area contributed by atoms with Crippen molar-refractivity contribution in [3.05, 3.63) is 87.9 Å². The third-order valence-electron chi connectivity index (χ3n) is 4.50. The van der Waals surface area contributed by atoms with Crippen molar-refractivity contribution in [1.29, 1.82) is 0 Å². The summed E-state index contributed by atoms with van der Waals surface area (Å²) in [4.78, 5) is 25.4. The molecule has 34 heavy (non-hydrogen) atoms. The summed E-state index contributed by atoms with van der Waals surface area (Å²) in [5, 5.41) is 9.88. The van der Waals surface area contributed by atoms with E-state index in [4.69, 9.17) is 40.2 Å². The quantitative estimate of drug-likeness (QED) is 0.186. The number of thiocarbonyl (C=S) groups is 1. The van der Waals surface area contributed by atoms with Crippen molar-refractivity contribution in [2.24, 2.45) is 0 Å². The van der Waals surface area contributed by atoms with Crippen molar-refractivity contribution in [3.8, 4) is 0 Å². The lowest BCUT2D eigenvalue weighted by molar-refractivity contribution is -0.113. The van der Waals surface area contributed by atoms with Crippen LogP contribution in [0, 0.1) is 0 Å². The largest absolute Gasteiger partial charge is 0.465 e. The van der Waals surface area contributed by atoms with Gasteiger partial charge in [-0.15, -0.1) is 11.8 Å². The number of methoxy groups -OCH3 is 1. The highest BCUT2D eigenvalue weighted by atomic mass is 35.5. The highest BCUT2D eigenvalue weighted by molar-refractivity contribution is 8.00. The zero-order chi connectivity index (χ0) is 24.5. The molecule has 0 radical (unpaired) electrons. The number of halogens is 2. The van der Waals surface area contributed by atoms with Crippen molar-refractivity contribution >= 4 is 75.5 Å². The van der Waals surface area contributed by atoms with Gasteiger partial charge < -0.3 is 20.7 Å². The molecule has 3 aromatic carbocycles. The van der Waals surface area contributed by atoms with Crippen LogP contribution >= 0.6 is 47.2 Å². The SMILES string of the molecule is COC(=O)c1c(Cl)cc(Cl)cc1NC(=O)CSc1ccc(NC(=S)NCc2ccccc2)cc1. The summed E-state index contributed by atoms with van der Waals surface area (Å²) in [6, 6.07) is 20.4. The topological polar surface area (TPSA) is 79.5 Å². The minimum absolute atomic E-state index is 0.0548. The molecule has 0 aromatic heterocycles. The number of hydrogen-bond acceptors (Lipinski definition) is 5. The number of rotatable bonds is 8. The Bertz CT molecular complexity index is 1180. The molecular weight excluding hydrogens is 513 g/mol. The maximum absolute atomic E-state index is 12.5. The lowest BCUT2D eigenvalue weighted by Gasteiger charge is -2.12. The predicted octanol–water partition coefficient (Wildman–Crippen LogP) is 6.00. The van der Waals surface area contributed by atoms with Crippen LogP contribution in [0.15, 0.2) is 71.6 Å². The second-order valence-electron chi connectivity index (χ2n) is 6.96. The van der Waals surface area contributed by atoms with Gasteiger partial charge in [0.05, 0.1) is 23.6 Å². The number of anilines is 2. The molecule has 0 saturated carbocycles. The first kappa shape index (κ1) is 25.8. The Hall–Kier alpha value is -2.78. The van der Waals surface area contributed by atoms with E-state index in [9.17, 15) is 9.59 Å². The van der Waals surface area contributed by atoms with Gasteiger partial charge in [0, 0.05) is 22.2 Å². The van der Waals surface area contributed by atoms with Crippen LogP contribution in [0.1, 0.15) is 15.9 Å². The summed E-state index contributed by atoms with van der Waals surface area (Å²) in [5.74, 6) is -0.861. The molecule has 0 aliphatic heterocycles. The van der Waals surface area contributed by atoms with E-state index in [1.807, 2.05) is 54.6 Å². The van der Waals surface area contributed by atoms with E-state index in [-0.39, 0.29) is 27.9 Å². The molecular formula is C24H21Cl2N3O3S2. The molecule has 0 unspecified atom stereocenters. The van der Waals surface area contributed by atoms with Crippen LogP contribution in [0.5, 0.6) is 0 Å². The fourth-order valence-electron chi connectivity index (χ4n) is 2.90. The monoisotopic (exact) mass is 533 g/mol. The molecule has 3 rings (SSSR count). The number of esters is 1. The van der Waals surface area contributed by atoms with Gasteiger partial charge in [0.1, 0.15) is 5.56 Å². The lowest BCUT2D eigenvalue weighted by Crippen LogP contribution is -2.27. The first-order chi connectivity index (χ1) is 16.4. The predicted molar refractivity (Wildman–Crippen MR) is 143 cm³/mol. The molecule has 3 N–H and O–H groups in total. The summed E-state index contributed by atoms with van der Waals surface area (Å²) in [5.41, 5.74) is 2.22. The van der Waals surface area contributed by atoms with Crippen molar-refractivity contribution < 1.29 is 14.3 Å². The molecule has 10 heteroatoms. The number of nitrogens with one attached hydrogen (secondary N) is 3. The third kappa shape index (κ3) is 7.63. The van der Waals surface area contributed by atoms with Gasteiger partial charge in [0.15, 0.2) is 5.11 Å².